The SMILES string of the molecule is Nc1cc2nc[nH][n+]2c(SCSC2=C(C(=O)[O-])N3C(=O)[C@@H](NC(=O)CSc4cc(Cl)ccc4Cl)[C@H]3SC2)n1. The molecule has 38 heavy (non-hydrogen) atoms. The van der Waals surface area contributed by atoms with Gasteiger partial charge in [0, 0.05) is 20.6 Å². The average Bonchev–Trinajstić information content (AvgIpc) is 3.35. The van der Waals surface area contributed by atoms with Gasteiger partial charge in [-0.1, -0.05) is 33.2 Å². The van der Waals surface area contributed by atoms with E-state index in [4.69, 9.17) is 28.9 Å². The summed E-state index contributed by atoms with van der Waals surface area (Å²) < 4.78 is 1.66. The van der Waals surface area contributed by atoms with Crippen molar-refractivity contribution in [3.63, 3.8) is 0 Å². The van der Waals surface area contributed by atoms with Crippen LogP contribution in [0, 0.1) is 0 Å². The van der Waals surface area contributed by atoms with Gasteiger partial charge in [0.1, 0.15) is 11.4 Å². The summed E-state index contributed by atoms with van der Waals surface area (Å²) in [5.74, 6) is -1.65. The summed E-state index contributed by atoms with van der Waals surface area (Å²) in [4.78, 5) is 48.2. The second kappa shape index (κ2) is 11.4. The van der Waals surface area contributed by atoms with Crippen LogP contribution in [0.1, 0.15) is 0 Å². The maximum atomic E-state index is 12.9. The van der Waals surface area contributed by atoms with Gasteiger partial charge in [-0.2, -0.15) is 0 Å². The lowest BCUT2D eigenvalue weighted by Gasteiger charge is -2.50. The number of aromatic nitrogens is 4. The Labute approximate surface area is 242 Å². The molecule has 0 radical (unpaired) electrons. The van der Waals surface area contributed by atoms with Gasteiger partial charge in [0.25, 0.3) is 11.6 Å². The summed E-state index contributed by atoms with van der Waals surface area (Å²) in [6, 6.07) is 5.73. The van der Waals surface area contributed by atoms with Gasteiger partial charge in [-0.15, -0.1) is 39.8 Å². The van der Waals surface area contributed by atoms with Gasteiger partial charge in [0.05, 0.1) is 33.6 Å². The van der Waals surface area contributed by atoms with Gasteiger partial charge in [0.2, 0.25) is 11.7 Å². The zero-order valence-electron chi connectivity index (χ0n) is 19.1. The fourth-order valence-electron chi connectivity index (χ4n) is 3.74. The van der Waals surface area contributed by atoms with Crippen molar-refractivity contribution in [3.8, 4) is 0 Å². The number of carboxylic acids is 1. The van der Waals surface area contributed by atoms with Gasteiger partial charge in [-0.3, -0.25) is 14.5 Å². The van der Waals surface area contributed by atoms with Crippen molar-refractivity contribution in [1.29, 1.82) is 0 Å². The van der Waals surface area contributed by atoms with E-state index in [1.165, 1.54) is 58.3 Å². The normalized spacial score (nSPS) is 18.9. The molecule has 3 aromatic rings. The van der Waals surface area contributed by atoms with E-state index in [9.17, 15) is 19.5 Å². The van der Waals surface area contributed by atoms with E-state index in [2.05, 4.69) is 20.4 Å². The smallest absolute Gasteiger partial charge is 0.324 e. The van der Waals surface area contributed by atoms with Crippen molar-refractivity contribution >= 4 is 99.5 Å². The van der Waals surface area contributed by atoms with Crippen molar-refractivity contribution in [1.82, 2.24) is 25.3 Å². The molecular weight excluding hydrogens is 613 g/mol. The highest BCUT2D eigenvalue weighted by atomic mass is 35.5. The Bertz CT molecular complexity index is 1490. The van der Waals surface area contributed by atoms with E-state index in [0.717, 1.165) is 0 Å². The number of H-pyrrole nitrogens is 1. The Balaban J connectivity index is 1.21. The summed E-state index contributed by atoms with van der Waals surface area (Å²) in [5.41, 5.74) is 6.27. The molecule has 198 valence electrons. The number of carbonyl (C=O) groups is 3. The minimum Gasteiger partial charge on any atom is -0.543 e. The molecule has 0 unspecified atom stereocenters. The number of thioether (sulfide) groups is 4. The van der Waals surface area contributed by atoms with Crippen LogP contribution >= 0.6 is 70.2 Å². The Morgan fingerprint density at radius 1 is 1.29 bits per heavy atom. The van der Waals surface area contributed by atoms with Gasteiger partial charge < -0.3 is 21.0 Å². The lowest BCUT2D eigenvalue weighted by molar-refractivity contribution is -0.622. The first kappa shape index (κ1) is 27.3. The maximum absolute atomic E-state index is 12.9. The number of rotatable bonds is 9. The number of benzene rings is 1. The number of carboxylic acid groups (broad SMARTS) is 1. The first-order chi connectivity index (χ1) is 18.2. The number of carbonyl (C=O) groups excluding carboxylic acids is 3. The number of aromatic amines is 1. The van der Waals surface area contributed by atoms with Crippen LogP contribution in [0.15, 0.2) is 51.2 Å². The van der Waals surface area contributed by atoms with E-state index >= 15 is 0 Å². The third kappa shape index (κ3) is 5.53. The summed E-state index contributed by atoms with van der Waals surface area (Å²) in [6.07, 6.45) is 1.51. The van der Waals surface area contributed by atoms with Crippen LogP contribution < -0.4 is 20.7 Å². The predicted molar refractivity (Wildman–Crippen MR) is 147 cm³/mol. The van der Waals surface area contributed by atoms with Gasteiger partial charge in [-0.25, -0.2) is 5.10 Å². The largest absolute Gasteiger partial charge is 0.543 e. The van der Waals surface area contributed by atoms with Crippen molar-refractivity contribution in [3.05, 3.63) is 51.2 Å². The highest BCUT2D eigenvalue weighted by molar-refractivity contribution is 8.18. The number of fused-ring (bicyclic) bond motifs is 2. The summed E-state index contributed by atoms with van der Waals surface area (Å²) in [6.45, 7) is 0. The van der Waals surface area contributed by atoms with Crippen LogP contribution in [0.4, 0.5) is 5.82 Å². The van der Waals surface area contributed by atoms with Gasteiger partial charge >= 0.3 is 5.16 Å². The quantitative estimate of drug-likeness (QED) is 0.103. The fraction of sp³-hybridized carbons (Fsp3) is 0.238. The maximum Gasteiger partial charge on any atom is 0.324 e. The van der Waals surface area contributed by atoms with Crippen LogP contribution in [-0.2, 0) is 14.4 Å². The third-order valence-electron chi connectivity index (χ3n) is 5.42. The molecular formula is C21H17Cl2N7O4S4. The second-order valence-electron chi connectivity index (χ2n) is 7.83. The molecule has 2 aromatic heterocycles. The molecule has 0 saturated carbocycles. The number of anilines is 1. The predicted octanol–water partition coefficient (Wildman–Crippen LogP) is 1.37. The zero-order chi connectivity index (χ0) is 27.0. The number of halogens is 2. The first-order valence-corrected chi connectivity index (χ1v) is 15.5. The Hall–Kier alpha value is -2.30. The molecule has 0 bridgehead atoms. The topological polar surface area (TPSA) is 161 Å². The molecule has 2 aliphatic rings. The van der Waals surface area contributed by atoms with Crippen molar-refractivity contribution in [2.75, 3.05) is 22.3 Å². The Kier molecular flexibility index (Phi) is 8.21. The van der Waals surface area contributed by atoms with Gasteiger partial charge in [-0.05, 0) is 30.0 Å². The molecule has 0 aliphatic carbocycles. The number of nitrogens with one attached hydrogen (secondary N) is 2. The van der Waals surface area contributed by atoms with Crippen LogP contribution in [0.2, 0.25) is 10.0 Å². The van der Waals surface area contributed by atoms with Crippen LogP contribution in [0.25, 0.3) is 5.65 Å². The van der Waals surface area contributed by atoms with Crippen LogP contribution in [0.5, 0.6) is 0 Å². The minimum atomic E-state index is -1.44. The molecule has 17 heteroatoms. The number of nitrogen functional groups attached to an aromatic ring is 1. The molecule has 4 heterocycles. The molecule has 2 amide bonds. The molecule has 2 atom stereocenters. The first-order valence-electron chi connectivity index (χ1n) is 10.8. The summed E-state index contributed by atoms with van der Waals surface area (Å²) in [5, 5.41) is 19.0. The molecule has 0 spiro atoms. The van der Waals surface area contributed by atoms with E-state index in [1.54, 1.807) is 28.8 Å². The Morgan fingerprint density at radius 3 is 2.89 bits per heavy atom. The molecule has 4 N–H and O–H groups in total. The van der Waals surface area contributed by atoms with Crippen LogP contribution in [-0.4, -0.2) is 65.8 Å². The fourth-order valence-corrected chi connectivity index (χ4v) is 8.77. The monoisotopic (exact) mass is 629 g/mol. The van der Waals surface area contributed by atoms with Crippen LogP contribution in [0.3, 0.4) is 0 Å². The minimum absolute atomic E-state index is 0.0163. The number of nitrogens with zero attached hydrogens (tertiary/aromatic N) is 4. The number of nitrogens with two attached hydrogens (primary N) is 1. The number of hydrogen-bond donors (Lipinski definition) is 3. The van der Waals surface area contributed by atoms with E-state index in [0.29, 0.717) is 47.3 Å². The molecule has 1 saturated heterocycles. The molecule has 1 fully saturated rings. The average molecular weight is 631 g/mol. The molecule has 2 aliphatic heterocycles. The highest BCUT2D eigenvalue weighted by Gasteiger charge is 2.52. The van der Waals surface area contributed by atoms with E-state index < -0.39 is 23.3 Å². The van der Waals surface area contributed by atoms with Gasteiger partial charge in [0.15, 0.2) is 6.33 Å². The number of hydrogen-bond acceptors (Lipinski definition) is 11. The lowest BCUT2D eigenvalue weighted by atomic mass is 10.1. The highest BCUT2D eigenvalue weighted by Crippen LogP contribution is 2.44. The van der Waals surface area contributed by atoms with Crippen molar-refractivity contribution in [2.45, 2.75) is 21.5 Å². The zero-order valence-corrected chi connectivity index (χ0v) is 23.8. The van der Waals surface area contributed by atoms with Crippen molar-refractivity contribution < 1.29 is 24.0 Å². The third-order valence-corrected chi connectivity index (χ3v) is 10.8. The van der Waals surface area contributed by atoms with Crippen molar-refractivity contribution in [2.24, 2.45) is 0 Å². The lowest BCUT2D eigenvalue weighted by Crippen LogP contribution is -2.71. The number of β-lactam (4-membered cyclic amide) rings is 1. The molecule has 11 nitrogen and oxygen atoms in total. The standard InChI is InChI=1S/C21H17Cl2N7O4S4/c22-9-1-2-10(23)11(3-9)35-6-15(31)28-16-18(32)29-17(20(33)34)12(5-36-19(16)29)37-8-38-21-27-13(24)4-14-25-7-26-30(14)21/h1-4,7,16,19H,5-6,8H2,(H4,24,25,26,28,31,33,34)/t16-,19-/m1/s1. The van der Waals surface area contributed by atoms with E-state index in [-0.39, 0.29) is 17.4 Å². The van der Waals surface area contributed by atoms with E-state index in [1.807, 2.05) is 0 Å². The summed E-state index contributed by atoms with van der Waals surface area (Å²) in [7, 11) is 0. The molecule has 5 rings (SSSR count). The molecule has 1 aromatic carbocycles. The second-order valence-corrected chi connectivity index (χ2v) is 13.2. The number of amides is 2. The number of aliphatic carboxylic acids is 1. The summed E-state index contributed by atoms with van der Waals surface area (Å²) >= 11 is 17.3. The Morgan fingerprint density at radius 2 is 2.11 bits per heavy atom.